The van der Waals surface area contributed by atoms with E-state index in [1.165, 1.54) is 36.7 Å². The lowest BCUT2D eigenvalue weighted by Gasteiger charge is -2.04. The normalized spacial score (nSPS) is 11.4. The summed E-state index contributed by atoms with van der Waals surface area (Å²) >= 11 is 0. The van der Waals surface area contributed by atoms with E-state index in [-0.39, 0.29) is 17.3 Å². The van der Waals surface area contributed by atoms with Gasteiger partial charge in [0.25, 0.3) is 0 Å². The summed E-state index contributed by atoms with van der Waals surface area (Å²) in [6.07, 6.45) is 3.15. The summed E-state index contributed by atoms with van der Waals surface area (Å²) in [6, 6.07) is 10.1. The zero-order chi connectivity index (χ0) is 18.5. The standard InChI is InChI=1S/C18H11FN6O2/c19-11-1-3-12(4-2-11)25-17-15(8-21-25)18-23-22-16(24(18)9-20-17)10-5-13(26)7-14(27)6-10/h1-9,26-27H. The number of rotatable bonds is 2. The molecule has 0 aliphatic carbocycles. The highest BCUT2D eigenvalue weighted by molar-refractivity contribution is 5.90. The van der Waals surface area contributed by atoms with Crippen molar-refractivity contribution < 1.29 is 14.6 Å². The average molecular weight is 362 g/mol. The van der Waals surface area contributed by atoms with Gasteiger partial charge in [-0.2, -0.15) is 5.10 Å². The van der Waals surface area contributed by atoms with Crippen molar-refractivity contribution in [2.45, 2.75) is 0 Å². The van der Waals surface area contributed by atoms with Crippen LogP contribution in [-0.4, -0.2) is 39.6 Å². The number of phenolic OH excluding ortho intramolecular Hbond substituents is 2. The summed E-state index contributed by atoms with van der Waals surface area (Å²) in [7, 11) is 0. The van der Waals surface area contributed by atoms with E-state index in [0.29, 0.717) is 33.8 Å². The Morgan fingerprint density at radius 2 is 1.63 bits per heavy atom. The zero-order valence-corrected chi connectivity index (χ0v) is 13.7. The van der Waals surface area contributed by atoms with E-state index in [2.05, 4.69) is 20.3 Å². The highest BCUT2D eigenvalue weighted by Gasteiger charge is 2.16. The molecule has 0 saturated carbocycles. The minimum Gasteiger partial charge on any atom is -0.508 e. The van der Waals surface area contributed by atoms with Crippen molar-refractivity contribution in [2.24, 2.45) is 0 Å². The molecule has 132 valence electrons. The van der Waals surface area contributed by atoms with E-state index < -0.39 is 0 Å². The predicted molar refractivity (Wildman–Crippen MR) is 94.1 cm³/mol. The Labute approximate surface area is 150 Å². The molecule has 3 heterocycles. The number of fused-ring (bicyclic) bond motifs is 3. The maximum absolute atomic E-state index is 13.2. The molecule has 27 heavy (non-hydrogen) atoms. The fraction of sp³-hybridized carbons (Fsp3) is 0. The smallest absolute Gasteiger partial charge is 0.175 e. The van der Waals surface area contributed by atoms with Crippen molar-refractivity contribution >= 4 is 16.7 Å². The Morgan fingerprint density at radius 1 is 0.889 bits per heavy atom. The summed E-state index contributed by atoms with van der Waals surface area (Å²) in [4.78, 5) is 4.44. The second-order valence-electron chi connectivity index (χ2n) is 5.97. The summed E-state index contributed by atoms with van der Waals surface area (Å²) in [5, 5.41) is 32.8. The van der Waals surface area contributed by atoms with Gasteiger partial charge in [0.05, 0.1) is 17.3 Å². The molecule has 0 bridgehead atoms. The molecule has 0 unspecified atom stereocenters. The minimum absolute atomic E-state index is 0.0834. The van der Waals surface area contributed by atoms with Crippen LogP contribution in [0.2, 0.25) is 0 Å². The van der Waals surface area contributed by atoms with Crippen molar-refractivity contribution in [1.82, 2.24) is 29.4 Å². The van der Waals surface area contributed by atoms with Crippen LogP contribution >= 0.6 is 0 Å². The van der Waals surface area contributed by atoms with Crippen molar-refractivity contribution in [2.75, 3.05) is 0 Å². The van der Waals surface area contributed by atoms with Gasteiger partial charge in [-0.3, -0.25) is 4.40 Å². The van der Waals surface area contributed by atoms with Gasteiger partial charge in [0, 0.05) is 11.6 Å². The van der Waals surface area contributed by atoms with E-state index in [0.717, 1.165) is 0 Å². The average Bonchev–Trinajstić information content (AvgIpc) is 3.25. The molecule has 0 radical (unpaired) electrons. The number of hydrogen-bond donors (Lipinski definition) is 2. The number of nitrogens with zero attached hydrogens (tertiary/aromatic N) is 6. The molecule has 2 N–H and O–H groups in total. The lowest BCUT2D eigenvalue weighted by atomic mass is 10.2. The molecule has 0 fully saturated rings. The first-order chi connectivity index (χ1) is 13.1. The van der Waals surface area contributed by atoms with E-state index in [1.54, 1.807) is 27.4 Å². The Morgan fingerprint density at radius 3 is 2.37 bits per heavy atom. The lowest BCUT2D eigenvalue weighted by Crippen LogP contribution is -1.99. The van der Waals surface area contributed by atoms with Gasteiger partial charge in [-0.1, -0.05) is 0 Å². The van der Waals surface area contributed by atoms with Crippen LogP contribution in [0.1, 0.15) is 0 Å². The molecule has 0 saturated heterocycles. The number of aromatic nitrogens is 6. The molecule has 9 heteroatoms. The van der Waals surface area contributed by atoms with Crippen molar-refractivity contribution in [3.63, 3.8) is 0 Å². The van der Waals surface area contributed by atoms with Crippen molar-refractivity contribution in [1.29, 1.82) is 0 Å². The maximum Gasteiger partial charge on any atom is 0.175 e. The van der Waals surface area contributed by atoms with Crippen LogP contribution in [0.3, 0.4) is 0 Å². The largest absolute Gasteiger partial charge is 0.508 e. The monoisotopic (exact) mass is 362 g/mol. The van der Waals surface area contributed by atoms with Crippen LogP contribution in [-0.2, 0) is 0 Å². The molecule has 8 nitrogen and oxygen atoms in total. The molecule has 0 aliphatic rings. The number of phenols is 2. The molecule has 2 aromatic carbocycles. The van der Waals surface area contributed by atoms with Gasteiger partial charge in [0.1, 0.15) is 23.6 Å². The second-order valence-corrected chi connectivity index (χ2v) is 5.97. The molecule has 0 spiro atoms. The molecular weight excluding hydrogens is 351 g/mol. The number of halogens is 1. The van der Waals surface area contributed by atoms with Crippen LogP contribution < -0.4 is 0 Å². The van der Waals surface area contributed by atoms with E-state index in [1.807, 2.05) is 0 Å². The van der Waals surface area contributed by atoms with Gasteiger partial charge in [-0.15, -0.1) is 10.2 Å². The lowest BCUT2D eigenvalue weighted by molar-refractivity contribution is 0.451. The first-order valence-electron chi connectivity index (χ1n) is 7.97. The summed E-state index contributed by atoms with van der Waals surface area (Å²) < 4.78 is 16.4. The third kappa shape index (κ3) is 2.36. The van der Waals surface area contributed by atoms with Gasteiger partial charge in [0.15, 0.2) is 17.1 Å². The molecular formula is C18H11FN6O2. The quantitative estimate of drug-likeness (QED) is 0.501. The molecule has 0 aliphatic heterocycles. The van der Waals surface area contributed by atoms with Gasteiger partial charge < -0.3 is 10.2 Å². The van der Waals surface area contributed by atoms with Gasteiger partial charge in [0.2, 0.25) is 0 Å². The van der Waals surface area contributed by atoms with Gasteiger partial charge in [-0.25, -0.2) is 14.1 Å². The first kappa shape index (κ1) is 15.3. The maximum atomic E-state index is 13.2. The van der Waals surface area contributed by atoms with Crippen LogP contribution in [0.4, 0.5) is 4.39 Å². The third-order valence-corrected chi connectivity index (χ3v) is 4.21. The summed E-state index contributed by atoms with van der Waals surface area (Å²) in [6.45, 7) is 0. The fourth-order valence-electron chi connectivity index (χ4n) is 3.01. The van der Waals surface area contributed by atoms with Crippen molar-refractivity contribution in [3.8, 4) is 28.6 Å². The van der Waals surface area contributed by atoms with Crippen molar-refractivity contribution in [3.05, 3.63) is 60.8 Å². The van der Waals surface area contributed by atoms with Crippen LogP contribution in [0.25, 0.3) is 33.8 Å². The molecule has 3 aromatic heterocycles. The van der Waals surface area contributed by atoms with Gasteiger partial charge in [-0.05, 0) is 36.4 Å². The van der Waals surface area contributed by atoms with E-state index in [4.69, 9.17) is 0 Å². The molecule has 0 amide bonds. The molecule has 5 aromatic rings. The van der Waals surface area contributed by atoms with Crippen LogP contribution in [0.5, 0.6) is 11.5 Å². The SMILES string of the molecule is Oc1cc(O)cc(-c2nnc3c4cnn(-c5ccc(F)cc5)c4ncn23)c1. The van der Waals surface area contributed by atoms with E-state index >= 15 is 0 Å². The summed E-state index contributed by atoms with van der Waals surface area (Å²) in [5.74, 6) is -0.0815. The summed E-state index contributed by atoms with van der Waals surface area (Å²) in [5.41, 5.74) is 2.23. The van der Waals surface area contributed by atoms with E-state index in [9.17, 15) is 14.6 Å². The second kappa shape index (κ2) is 5.49. The highest BCUT2D eigenvalue weighted by Crippen LogP contribution is 2.29. The number of benzene rings is 2. The number of hydrogen-bond acceptors (Lipinski definition) is 6. The third-order valence-electron chi connectivity index (χ3n) is 4.21. The Bertz CT molecular complexity index is 1290. The molecule has 5 rings (SSSR count). The van der Waals surface area contributed by atoms with Crippen LogP contribution in [0, 0.1) is 5.82 Å². The predicted octanol–water partition coefficient (Wildman–Crippen LogP) is 2.68. The Hall–Kier alpha value is -4.01. The topological polar surface area (TPSA) is 101 Å². The zero-order valence-electron chi connectivity index (χ0n) is 13.7. The van der Waals surface area contributed by atoms with Gasteiger partial charge >= 0.3 is 0 Å². The Balaban J connectivity index is 1.71. The highest BCUT2D eigenvalue weighted by atomic mass is 19.1. The molecule has 0 atom stereocenters. The number of aromatic hydroxyl groups is 2. The Kier molecular flexibility index (Phi) is 3.11. The minimum atomic E-state index is -0.331. The van der Waals surface area contributed by atoms with Crippen LogP contribution in [0.15, 0.2) is 55.0 Å². The fourth-order valence-corrected chi connectivity index (χ4v) is 3.01. The first-order valence-corrected chi connectivity index (χ1v) is 7.97.